The molecule has 3 N–H and O–H groups in total. The minimum Gasteiger partial charge on any atom is -0.486 e. The van der Waals surface area contributed by atoms with Gasteiger partial charge in [-0.2, -0.15) is 13.2 Å². The van der Waals surface area contributed by atoms with Crippen molar-refractivity contribution in [3.8, 4) is 11.5 Å². The van der Waals surface area contributed by atoms with Crippen LogP contribution in [0.4, 0.5) is 24.5 Å². The van der Waals surface area contributed by atoms with Crippen LogP contribution in [0.15, 0.2) is 108 Å². The summed E-state index contributed by atoms with van der Waals surface area (Å²) in [7, 11) is 0. The molecular formula is C33H26F3N3O5S. The number of thioether (sulfide) groups is 1. The number of halogens is 3. The lowest BCUT2D eigenvalue weighted by atomic mass is 10.1. The minimum absolute atomic E-state index is 0.108. The van der Waals surface area contributed by atoms with Gasteiger partial charge in [0.15, 0.2) is 11.5 Å². The van der Waals surface area contributed by atoms with Crippen LogP contribution >= 0.6 is 11.8 Å². The van der Waals surface area contributed by atoms with Crippen molar-refractivity contribution in [2.75, 3.05) is 29.6 Å². The Hall–Kier alpha value is -5.23. The first-order valence-corrected chi connectivity index (χ1v) is 14.6. The molecule has 1 aliphatic heterocycles. The maximum Gasteiger partial charge on any atom is 0.416 e. The van der Waals surface area contributed by atoms with E-state index in [1.54, 1.807) is 60.7 Å². The molecule has 0 aliphatic carbocycles. The first kappa shape index (κ1) is 31.2. The van der Waals surface area contributed by atoms with Gasteiger partial charge in [0.25, 0.3) is 11.8 Å². The minimum atomic E-state index is -4.67. The zero-order valence-corrected chi connectivity index (χ0v) is 24.3. The highest BCUT2D eigenvalue weighted by atomic mass is 32.2. The lowest BCUT2D eigenvalue weighted by molar-refractivity contribution is -0.137. The molecule has 12 heteroatoms. The monoisotopic (exact) mass is 633 g/mol. The van der Waals surface area contributed by atoms with Crippen LogP contribution in [0.2, 0.25) is 0 Å². The third-order valence-corrected chi connectivity index (χ3v) is 7.41. The number of nitrogens with one attached hydrogen (secondary N) is 3. The summed E-state index contributed by atoms with van der Waals surface area (Å²) in [4.78, 5) is 39.3. The topological polar surface area (TPSA) is 106 Å². The van der Waals surface area contributed by atoms with E-state index in [4.69, 9.17) is 9.47 Å². The number of alkyl halides is 3. The predicted molar refractivity (Wildman–Crippen MR) is 165 cm³/mol. The molecule has 1 heterocycles. The van der Waals surface area contributed by atoms with Crippen LogP contribution in [0.5, 0.6) is 11.5 Å². The second kappa shape index (κ2) is 14.0. The molecule has 0 atom stereocenters. The van der Waals surface area contributed by atoms with Crippen molar-refractivity contribution in [1.82, 2.24) is 5.32 Å². The normalized spacial score (nSPS) is 12.6. The molecule has 1 aliphatic rings. The first-order valence-electron chi connectivity index (χ1n) is 13.6. The lowest BCUT2D eigenvalue weighted by Crippen LogP contribution is -2.30. The molecule has 5 rings (SSSR count). The molecular weight excluding hydrogens is 607 g/mol. The number of ether oxygens (including phenoxy) is 2. The maximum absolute atomic E-state index is 13.6. The number of carbonyl (C=O) groups is 3. The molecule has 0 saturated heterocycles. The van der Waals surface area contributed by atoms with E-state index in [9.17, 15) is 27.6 Å². The molecule has 0 bridgehead atoms. The van der Waals surface area contributed by atoms with E-state index in [-0.39, 0.29) is 28.5 Å². The largest absolute Gasteiger partial charge is 0.486 e. The fourth-order valence-electron chi connectivity index (χ4n) is 4.28. The van der Waals surface area contributed by atoms with Crippen LogP contribution in [0, 0.1) is 0 Å². The van der Waals surface area contributed by atoms with Crippen molar-refractivity contribution < 1.29 is 37.0 Å². The van der Waals surface area contributed by atoms with Crippen LogP contribution in [0.25, 0.3) is 6.08 Å². The van der Waals surface area contributed by atoms with Crippen molar-refractivity contribution in [2.24, 2.45) is 0 Å². The highest BCUT2D eigenvalue weighted by Crippen LogP contribution is 2.34. The second-order valence-corrected chi connectivity index (χ2v) is 10.7. The highest BCUT2D eigenvalue weighted by molar-refractivity contribution is 8.00. The average molecular weight is 634 g/mol. The molecule has 8 nitrogen and oxygen atoms in total. The molecule has 0 aromatic heterocycles. The molecule has 4 aromatic rings. The standard InChI is InChI=1S/C33H26F3N3O5S/c34-33(35,36)26-9-5-4-8-22(26)18-27(39-31(41)21-6-2-1-3-7-21)32(42)38-23-10-13-25(14-11-23)45-20-30(40)37-24-12-15-28-29(19-24)44-17-16-43-28/h1-15,18-19H,16-17,20H2,(H,37,40)(H,38,42)(H,39,41)/b27-18+. The Morgan fingerprint density at radius 2 is 1.44 bits per heavy atom. The van der Waals surface area contributed by atoms with Gasteiger partial charge < -0.3 is 25.4 Å². The molecule has 230 valence electrons. The smallest absolute Gasteiger partial charge is 0.416 e. The van der Waals surface area contributed by atoms with Crippen LogP contribution < -0.4 is 25.4 Å². The van der Waals surface area contributed by atoms with Gasteiger partial charge in [0, 0.05) is 27.9 Å². The molecule has 0 saturated carbocycles. The summed E-state index contributed by atoms with van der Waals surface area (Å²) in [6.07, 6.45) is -3.68. The second-order valence-electron chi connectivity index (χ2n) is 9.64. The number of hydrogen-bond acceptors (Lipinski definition) is 6. The molecule has 0 spiro atoms. The van der Waals surface area contributed by atoms with Gasteiger partial charge in [0.1, 0.15) is 18.9 Å². The summed E-state index contributed by atoms with van der Waals surface area (Å²) >= 11 is 1.27. The van der Waals surface area contributed by atoms with E-state index < -0.39 is 23.6 Å². The van der Waals surface area contributed by atoms with E-state index in [0.29, 0.717) is 36.1 Å². The van der Waals surface area contributed by atoms with Gasteiger partial charge in [0.05, 0.1) is 11.3 Å². The first-order chi connectivity index (χ1) is 21.7. The third kappa shape index (κ3) is 8.45. The zero-order valence-electron chi connectivity index (χ0n) is 23.5. The van der Waals surface area contributed by atoms with Gasteiger partial charge in [-0.15, -0.1) is 11.8 Å². The van der Waals surface area contributed by atoms with Gasteiger partial charge >= 0.3 is 6.18 Å². The van der Waals surface area contributed by atoms with Crippen molar-refractivity contribution in [3.05, 3.63) is 119 Å². The van der Waals surface area contributed by atoms with Gasteiger partial charge in [-0.05, 0) is 66.2 Å². The maximum atomic E-state index is 13.6. The lowest BCUT2D eigenvalue weighted by Gasteiger charge is -2.19. The molecule has 0 unspecified atom stereocenters. The number of amides is 3. The number of anilines is 2. The van der Waals surface area contributed by atoms with E-state index in [1.807, 2.05) is 0 Å². The molecule has 4 aromatic carbocycles. The van der Waals surface area contributed by atoms with Crippen LogP contribution in [0.1, 0.15) is 21.5 Å². The summed E-state index contributed by atoms with van der Waals surface area (Å²) in [5.41, 5.74) is -0.499. The molecule has 3 amide bonds. The Morgan fingerprint density at radius 1 is 0.778 bits per heavy atom. The fourth-order valence-corrected chi connectivity index (χ4v) is 4.98. The van der Waals surface area contributed by atoms with E-state index in [1.165, 1.54) is 42.1 Å². The summed E-state index contributed by atoms with van der Waals surface area (Å²) < 4.78 is 51.9. The quantitative estimate of drug-likeness (QED) is 0.141. The van der Waals surface area contributed by atoms with Crippen LogP contribution in [-0.2, 0) is 15.8 Å². The number of hydrogen-bond donors (Lipinski definition) is 3. The van der Waals surface area contributed by atoms with Crippen LogP contribution in [-0.4, -0.2) is 36.7 Å². The van der Waals surface area contributed by atoms with E-state index in [2.05, 4.69) is 16.0 Å². The van der Waals surface area contributed by atoms with Gasteiger partial charge in [-0.1, -0.05) is 36.4 Å². The Morgan fingerprint density at radius 3 is 2.18 bits per heavy atom. The fraction of sp³-hybridized carbons (Fsp3) is 0.121. The SMILES string of the molecule is O=C(CSc1ccc(NC(=O)/C(=C\c2ccccc2C(F)(F)F)NC(=O)c2ccccc2)cc1)Nc1ccc2c(c1)OCCO2. The molecule has 0 fully saturated rings. The summed E-state index contributed by atoms with van der Waals surface area (Å²) in [5.74, 6) is -0.438. The van der Waals surface area contributed by atoms with Crippen molar-refractivity contribution in [2.45, 2.75) is 11.1 Å². The summed E-state index contributed by atoms with van der Waals surface area (Å²) in [6, 6.07) is 24.4. The van der Waals surface area contributed by atoms with Crippen molar-refractivity contribution in [1.29, 1.82) is 0 Å². The number of benzene rings is 4. The zero-order chi connectivity index (χ0) is 31.8. The summed E-state index contributed by atoms with van der Waals surface area (Å²) in [5, 5.41) is 7.86. The number of fused-ring (bicyclic) bond motifs is 1. The Labute approximate surface area is 260 Å². The number of rotatable bonds is 9. The highest BCUT2D eigenvalue weighted by Gasteiger charge is 2.33. The Balaban J connectivity index is 1.25. The molecule has 0 radical (unpaired) electrons. The molecule has 45 heavy (non-hydrogen) atoms. The predicted octanol–water partition coefficient (Wildman–Crippen LogP) is 6.62. The van der Waals surface area contributed by atoms with Crippen LogP contribution in [0.3, 0.4) is 0 Å². The van der Waals surface area contributed by atoms with Crippen molar-refractivity contribution in [3.63, 3.8) is 0 Å². The Kier molecular flexibility index (Phi) is 9.73. The number of carbonyl (C=O) groups excluding carboxylic acids is 3. The van der Waals surface area contributed by atoms with Gasteiger partial charge in [-0.25, -0.2) is 0 Å². The average Bonchev–Trinajstić information content (AvgIpc) is 3.04. The van der Waals surface area contributed by atoms with E-state index in [0.717, 1.165) is 17.0 Å². The van der Waals surface area contributed by atoms with E-state index >= 15 is 0 Å². The van der Waals surface area contributed by atoms with Crippen molar-refractivity contribution >= 4 is 46.9 Å². The third-order valence-electron chi connectivity index (χ3n) is 6.40. The van der Waals surface area contributed by atoms with Gasteiger partial charge in [-0.3, -0.25) is 14.4 Å². The van der Waals surface area contributed by atoms with Gasteiger partial charge in [0.2, 0.25) is 5.91 Å². The Bertz CT molecular complexity index is 1730. The summed E-state index contributed by atoms with van der Waals surface area (Å²) in [6.45, 7) is 0.902.